The first kappa shape index (κ1) is 73.9. The number of hydrogen-bond acceptors (Lipinski definition) is 10. The molecular weight excluding hydrogens is 1000 g/mol. The summed E-state index contributed by atoms with van der Waals surface area (Å²) in [6.45, 7) is 4.26. The summed E-state index contributed by atoms with van der Waals surface area (Å²) in [5.74, 6) is -1.52. The molecule has 0 rings (SSSR count). The number of ether oxygens (including phenoxy) is 3. The van der Waals surface area contributed by atoms with Crippen LogP contribution in [0.3, 0.4) is 0 Å². The number of allylic oxidation sites excluding steroid dienone is 20. The monoisotopic (exact) mass is 1110 g/mol. The lowest BCUT2D eigenvalue weighted by molar-refractivity contribution is -0.161. The van der Waals surface area contributed by atoms with E-state index < -0.39 is 57.8 Å². The Bertz CT molecular complexity index is 1770. The number of phosphoric ester groups is 1. The molecule has 0 saturated carbocycles. The van der Waals surface area contributed by atoms with Crippen LogP contribution < -0.4 is 0 Å². The number of carbonyl (C=O) groups is 3. The van der Waals surface area contributed by atoms with Crippen molar-refractivity contribution in [1.82, 2.24) is 0 Å². The fourth-order valence-electron chi connectivity index (χ4n) is 7.85. The lowest BCUT2D eigenvalue weighted by Gasteiger charge is -2.21. The Hall–Kier alpha value is -4.12. The van der Waals surface area contributed by atoms with E-state index >= 15 is 0 Å². The molecule has 0 aromatic rings. The Kier molecular flexibility index (Phi) is 55.9. The van der Waals surface area contributed by atoms with Crippen LogP contribution in [0.4, 0.5) is 0 Å². The smallest absolute Gasteiger partial charge is 0.462 e. The first-order chi connectivity index (χ1) is 38.2. The largest absolute Gasteiger partial charge is 0.472 e. The number of aliphatic hydroxyl groups excluding tert-OH is 1. The number of unbranched alkanes of at least 4 members (excludes halogenated alkanes) is 18. The summed E-state index contributed by atoms with van der Waals surface area (Å²) in [5.41, 5.74) is 0. The standard InChI is InChI=1S/C66H109O11P/c1-4-7-10-13-16-19-22-25-28-31-34-37-40-43-46-49-52-55-64(68)73-59-63(77-66(70)57-54-51-48-45-42-39-36-33-30-27-24-21-18-15-12-9-6-3)61-75-78(71,72)74-60-62(58-67)76-65(69)56-53-50-47-44-41-38-35-32-29-26-23-20-17-14-11-8-5-2/h7-12,16-21,25-30,36,39,62-63,67H,4-6,13-15,22-24,31-35,37-38,40-61H2,1-3H3,(H,71,72)/b10-7-,11-8-,12-9-,19-16-,20-17-,21-18-,28-25-,29-26-,30-27-,39-36-. The third-order valence-corrected chi connectivity index (χ3v) is 13.3. The molecule has 2 N–H and O–H groups in total. The van der Waals surface area contributed by atoms with Gasteiger partial charge in [0.05, 0.1) is 19.8 Å². The predicted octanol–water partition coefficient (Wildman–Crippen LogP) is 18.4. The van der Waals surface area contributed by atoms with Gasteiger partial charge in [0, 0.05) is 19.3 Å². The molecule has 0 radical (unpaired) electrons. The van der Waals surface area contributed by atoms with Gasteiger partial charge >= 0.3 is 25.7 Å². The van der Waals surface area contributed by atoms with Crippen LogP contribution >= 0.6 is 7.82 Å². The molecule has 11 nitrogen and oxygen atoms in total. The van der Waals surface area contributed by atoms with Crippen molar-refractivity contribution >= 4 is 25.7 Å². The quantitative estimate of drug-likeness (QED) is 0.0197. The Morgan fingerprint density at radius 1 is 0.359 bits per heavy atom. The average Bonchev–Trinajstić information content (AvgIpc) is 3.43. The highest BCUT2D eigenvalue weighted by atomic mass is 31.2. The lowest BCUT2D eigenvalue weighted by Crippen LogP contribution is -2.30. The Morgan fingerprint density at radius 3 is 0.962 bits per heavy atom. The molecule has 0 aliphatic carbocycles. The van der Waals surface area contributed by atoms with Gasteiger partial charge in [0.2, 0.25) is 0 Å². The van der Waals surface area contributed by atoms with E-state index in [0.29, 0.717) is 19.3 Å². The van der Waals surface area contributed by atoms with Gasteiger partial charge in [0.15, 0.2) is 6.10 Å². The van der Waals surface area contributed by atoms with Crippen LogP contribution in [0.5, 0.6) is 0 Å². The lowest BCUT2D eigenvalue weighted by atomic mass is 10.1. The van der Waals surface area contributed by atoms with Crippen LogP contribution in [0.1, 0.15) is 239 Å². The van der Waals surface area contributed by atoms with E-state index in [-0.39, 0.29) is 25.9 Å². The molecule has 78 heavy (non-hydrogen) atoms. The molecule has 0 spiro atoms. The molecule has 0 aromatic carbocycles. The van der Waals surface area contributed by atoms with Gasteiger partial charge in [-0.3, -0.25) is 23.4 Å². The van der Waals surface area contributed by atoms with Gasteiger partial charge in [-0.15, -0.1) is 0 Å². The number of carbonyl (C=O) groups excluding carboxylic acids is 3. The van der Waals surface area contributed by atoms with Gasteiger partial charge in [-0.05, 0) is 122 Å². The van der Waals surface area contributed by atoms with Crippen LogP contribution in [0, 0.1) is 0 Å². The minimum Gasteiger partial charge on any atom is -0.462 e. The zero-order valence-corrected chi connectivity index (χ0v) is 50.0. The van der Waals surface area contributed by atoms with Crippen LogP contribution in [0.15, 0.2) is 122 Å². The Morgan fingerprint density at radius 2 is 0.628 bits per heavy atom. The van der Waals surface area contributed by atoms with E-state index in [1.54, 1.807) is 0 Å². The molecule has 444 valence electrons. The highest BCUT2D eigenvalue weighted by Gasteiger charge is 2.28. The maximum absolute atomic E-state index is 12.9. The van der Waals surface area contributed by atoms with Gasteiger partial charge in [-0.25, -0.2) is 4.57 Å². The van der Waals surface area contributed by atoms with Gasteiger partial charge in [0.25, 0.3) is 0 Å². The number of aliphatic hydroxyl groups is 1. The van der Waals surface area contributed by atoms with Gasteiger partial charge in [0.1, 0.15) is 12.7 Å². The van der Waals surface area contributed by atoms with Crippen molar-refractivity contribution in [3.05, 3.63) is 122 Å². The van der Waals surface area contributed by atoms with E-state index in [0.717, 1.165) is 161 Å². The van der Waals surface area contributed by atoms with Crippen LogP contribution in [0.2, 0.25) is 0 Å². The first-order valence-electron chi connectivity index (χ1n) is 30.4. The number of phosphoric acid groups is 1. The van der Waals surface area contributed by atoms with E-state index in [1.165, 1.54) is 19.3 Å². The highest BCUT2D eigenvalue weighted by molar-refractivity contribution is 7.47. The Balaban J connectivity index is 4.78. The zero-order valence-electron chi connectivity index (χ0n) is 49.1. The summed E-state index contributed by atoms with van der Waals surface area (Å²) in [6.07, 6.45) is 72.9. The summed E-state index contributed by atoms with van der Waals surface area (Å²) in [5, 5.41) is 9.84. The van der Waals surface area contributed by atoms with Crippen LogP contribution in [0.25, 0.3) is 0 Å². The summed E-state index contributed by atoms with van der Waals surface area (Å²) in [7, 11) is -4.77. The van der Waals surface area contributed by atoms with Crippen LogP contribution in [-0.4, -0.2) is 66.5 Å². The molecule has 0 fully saturated rings. The molecule has 0 bridgehead atoms. The molecule has 0 aromatic heterocycles. The van der Waals surface area contributed by atoms with E-state index in [9.17, 15) is 28.9 Å². The molecule has 0 amide bonds. The van der Waals surface area contributed by atoms with Crippen molar-refractivity contribution < 1.29 is 52.2 Å². The summed E-state index contributed by atoms with van der Waals surface area (Å²) >= 11 is 0. The summed E-state index contributed by atoms with van der Waals surface area (Å²) in [6, 6.07) is 0. The third-order valence-electron chi connectivity index (χ3n) is 12.4. The topological polar surface area (TPSA) is 155 Å². The molecule has 0 saturated heterocycles. The molecule has 3 atom stereocenters. The average molecular weight is 1110 g/mol. The fraction of sp³-hybridized carbons (Fsp3) is 0.652. The van der Waals surface area contributed by atoms with E-state index in [1.807, 2.05) is 0 Å². The molecule has 0 aliphatic rings. The van der Waals surface area contributed by atoms with Crippen molar-refractivity contribution in [3.8, 4) is 0 Å². The number of hydrogen-bond donors (Lipinski definition) is 2. The van der Waals surface area contributed by atoms with Crippen molar-refractivity contribution in [2.24, 2.45) is 0 Å². The Labute approximate surface area is 475 Å². The molecule has 0 aliphatic heterocycles. The van der Waals surface area contributed by atoms with Gasteiger partial charge in [-0.2, -0.15) is 0 Å². The molecule has 0 heterocycles. The second kappa shape index (κ2) is 59.0. The fourth-order valence-corrected chi connectivity index (χ4v) is 8.63. The molecule has 12 heteroatoms. The van der Waals surface area contributed by atoms with Crippen LogP contribution in [-0.2, 0) is 42.2 Å². The third kappa shape index (κ3) is 56.6. The maximum atomic E-state index is 12.9. The van der Waals surface area contributed by atoms with E-state index in [2.05, 4.69) is 142 Å². The second-order valence-electron chi connectivity index (χ2n) is 19.7. The maximum Gasteiger partial charge on any atom is 0.472 e. The normalized spacial score (nSPS) is 14.2. The van der Waals surface area contributed by atoms with Crippen molar-refractivity contribution in [3.63, 3.8) is 0 Å². The second-order valence-corrected chi connectivity index (χ2v) is 21.2. The van der Waals surface area contributed by atoms with E-state index in [4.69, 9.17) is 23.3 Å². The molecule has 3 unspecified atom stereocenters. The van der Waals surface area contributed by atoms with Crippen molar-refractivity contribution in [2.75, 3.05) is 26.4 Å². The summed E-state index contributed by atoms with van der Waals surface area (Å²) in [4.78, 5) is 48.7. The summed E-state index contributed by atoms with van der Waals surface area (Å²) < 4.78 is 39.6. The first-order valence-corrected chi connectivity index (χ1v) is 31.9. The van der Waals surface area contributed by atoms with Crippen molar-refractivity contribution in [2.45, 2.75) is 251 Å². The highest BCUT2D eigenvalue weighted by Crippen LogP contribution is 2.43. The van der Waals surface area contributed by atoms with Gasteiger partial charge < -0.3 is 24.2 Å². The minimum atomic E-state index is -4.77. The SMILES string of the molecule is CC/C=C\C/C=C\C/C=C\C/C=C\CCCCCCC(=O)OC(COC(=O)CCCCCCCCC/C=C\C/C=C\C/C=C\CC)COP(=O)(O)OCC(CO)OC(=O)CCCCCCCCC/C=C\C/C=C\C/C=C\CC. The predicted molar refractivity (Wildman–Crippen MR) is 325 cm³/mol. The van der Waals surface area contributed by atoms with Crippen molar-refractivity contribution in [1.29, 1.82) is 0 Å². The van der Waals surface area contributed by atoms with Gasteiger partial charge in [-0.1, -0.05) is 219 Å². The zero-order chi connectivity index (χ0) is 56.9. The minimum absolute atomic E-state index is 0.131. The molecular formula is C66H109O11P. The number of esters is 3. The number of rotatable bonds is 55.